The number of rotatable bonds is 7. The van der Waals surface area contributed by atoms with Gasteiger partial charge < -0.3 is 21.3 Å². The van der Waals surface area contributed by atoms with E-state index in [0.717, 1.165) is 6.42 Å². The second kappa shape index (κ2) is 8.56. The molecule has 7 heteroatoms. The van der Waals surface area contributed by atoms with E-state index in [1.807, 2.05) is 6.92 Å². The van der Waals surface area contributed by atoms with E-state index in [2.05, 4.69) is 5.32 Å². The van der Waals surface area contributed by atoms with Crippen LogP contribution in [0.5, 0.6) is 0 Å². The predicted molar refractivity (Wildman–Crippen MR) is 82.2 cm³/mol. The number of hydrogen-bond donors (Lipinski definition) is 4. The molecule has 21 heavy (non-hydrogen) atoms. The third-order valence-electron chi connectivity index (χ3n) is 4.31. The Morgan fingerprint density at radius 2 is 2.05 bits per heavy atom. The molecule has 1 aliphatic rings. The summed E-state index contributed by atoms with van der Waals surface area (Å²) in [4.78, 5) is 22.3. The Morgan fingerprint density at radius 1 is 1.43 bits per heavy atom. The smallest absolute Gasteiger partial charge is 0.312 e. The molecule has 6 nitrogen and oxygen atoms in total. The van der Waals surface area contributed by atoms with Crippen LogP contribution in [0.1, 0.15) is 46.0 Å². The minimum atomic E-state index is -1.10. The maximum absolute atomic E-state index is 11.5. The van der Waals surface area contributed by atoms with Crippen molar-refractivity contribution in [2.24, 2.45) is 17.1 Å². The number of hydrogen-bond acceptors (Lipinski definition) is 4. The number of amides is 1. The second-order valence-electron chi connectivity index (χ2n) is 6.09. The van der Waals surface area contributed by atoms with Crippen molar-refractivity contribution in [2.75, 3.05) is 6.54 Å². The average Bonchev–Trinajstić information content (AvgIpc) is 2.62. The van der Waals surface area contributed by atoms with E-state index in [0.29, 0.717) is 38.1 Å². The quantitative estimate of drug-likeness (QED) is 0.556. The first-order chi connectivity index (χ1) is 9.28. The van der Waals surface area contributed by atoms with Crippen LogP contribution in [0.4, 0.5) is 0 Å². The summed E-state index contributed by atoms with van der Waals surface area (Å²) in [7, 11) is 0. The van der Waals surface area contributed by atoms with E-state index < -0.39 is 17.5 Å². The van der Waals surface area contributed by atoms with Crippen LogP contribution < -0.4 is 11.1 Å². The molecule has 4 atom stereocenters. The van der Waals surface area contributed by atoms with Crippen molar-refractivity contribution in [3.05, 3.63) is 0 Å². The van der Waals surface area contributed by atoms with Gasteiger partial charge in [-0.1, -0.05) is 6.92 Å². The Bertz CT molecular complexity index is 367. The van der Waals surface area contributed by atoms with Gasteiger partial charge >= 0.3 is 5.97 Å². The first kappa shape index (κ1) is 20.1. The summed E-state index contributed by atoms with van der Waals surface area (Å²) in [5.74, 6) is -0.717. The highest BCUT2D eigenvalue weighted by Gasteiger charge is 2.51. The van der Waals surface area contributed by atoms with Gasteiger partial charge in [0.15, 0.2) is 0 Å². The van der Waals surface area contributed by atoms with Gasteiger partial charge in [0.05, 0.1) is 11.5 Å². The van der Waals surface area contributed by atoms with Crippen molar-refractivity contribution in [1.82, 2.24) is 5.32 Å². The molecule has 1 aliphatic carbocycles. The summed E-state index contributed by atoms with van der Waals surface area (Å²) in [5, 5.41) is 22.2. The van der Waals surface area contributed by atoms with Crippen molar-refractivity contribution < 1.29 is 19.8 Å². The van der Waals surface area contributed by atoms with Gasteiger partial charge in [0, 0.05) is 19.5 Å². The maximum Gasteiger partial charge on any atom is 0.312 e. The number of carboxylic acids is 1. The molecule has 124 valence electrons. The lowest BCUT2D eigenvalue weighted by Crippen LogP contribution is -2.39. The number of carboxylic acid groups (broad SMARTS) is 1. The topological polar surface area (TPSA) is 113 Å². The molecule has 0 radical (unpaired) electrons. The highest BCUT2D eigenvalue weighted by molar-refractivity contribution is 5.85. The van der Waals surface area contributed by atoms with Crippen LogP contribution in [0, 0.1) is 11.3 Å². The molecule has 1 fully saturated rings. The molecule has 0 heterocycles. The predicted octanol–water partition coefficient (Wildman–Crippen LogP) is 0.904. The summed E-state index contributed by atoms with van der Waals surface area (Å²) in [5.41, 5.74) is 4.69. The molecule has 0 spiro atoms. The largest absolute Gasteiger partial charge is 0.481 e. The highest BCUT2D eigenvalue weighted by atomic mass is 35.5. The monoisotopic (exact) mass is 322 g/mol. The number of aliphatic hydroxyl groups excluding tert-OH is 1. The van der Waals surface area contributed by atoms with Crippen LogP contribution in [-0.2, 0) is 9.59 Å². The standard InChI is InChI=1S/C14H26N2O4.ClH/c1-9(4-6-16-10(2)17)3-5-14(13(19)20)8-11(15)7-12(14)18;/h9,11-12,18H,3-8,15H2,1-2H3,(H,16,17)(H,19,20);1H. The summed E-state index contributed by atoms with van der Waals surface area (Å²) < 4.78 is 0. The lowest BCUT2D eigenvalue weighted by Gasteiger charge is -2.29. The minimum Gasteiger partial charge on any atom is -0.481 e. The molecule has 0 aromatic heterocycles. The Labute approximate surface area is 131 Å². The third-order valence-corrected chi connectivity index (χ3v) is 4.31. The molecule has 5 N–H and O–H groups in total. The molecule has 0 saturated heterocycles. The Kier molecular flexibility index (Phi) is 8.21. The number of halogens is 1. The number of nitrogens with one attached hydrogen (secondary N) is 1. The van der Waals surface area contributed by atoms with Crippen LogP contribution >= 0.6 is 12.4 Å². The number of aliphatic hydroxyl groups is 1. The summed E-state index contributed by atoms with van der Waals surface area (Å²) >= 11 is 0. The fraction of sp³-hybridized carbons (Fsp3) is 0.857. The highest BCUT2D eigenvalue weighted by Crippen LogP contribution is 2.43. The van der Waals surface area contributed by atoms with E-state index in [4.69, 9.17) is 5.73 Å². The summed E-state index contributed by atoms with van der Waals surface area (Å²) in [6.45, 7) is 4.09. The van der Waals surface area contributed by atoms with Crippen molar-refractivity contribution >= 4 is 24.3 Å². The number of carbonyl (C=O) groups excluding carboxylic acids is 1. The molecule has 0 bridgehead atoms. The molecule has 1 rings (SSSR count). The van der Waals surface area contributed by atoms with E-state index in [9.17, 15) is 19.8 Å². The second-order valence-corrected chi connectivity index (χ2v) is 6.09. The normalized spacial score (nSPS) is 29.5. The lowest BCUT2D eigenvalue weighted by molar-refractivity contribution is -0.155. The Hall–Kier alpha value is -0.850. The van der Waals surface area contributed by atoms with Crippen molar-refractivity contribution in [3.8, 4) is 0 Å². The Balaban J connectivity index is 0.00000400. The van der Waals surface area contributed by atoms with Gasteiger partial charge in [-0.3, -0.25) is 9.59 Å². The van der Waals surface area contributed by atoms with E-state index in [-0.39, 0.29) is 24.4 Å². The molecular formula is C14H27ClN2O4. The van der Waals surface area contributed by atoms with Crippen LogP contribution in [0.2, 0.25) is 0 Å². The van der Waals surface area contributed by atoms with Crippen LogP contribution in [-0.4, -0.2) is 40.8 Å². The van der Waals surface area contributed by atoms with E-state index in [1.54, 1.807) is 0 Å². The van der Waals surface area contributed by atoms with Gasteiger partial charge in [-0.2, -0.15) is 0 Å². The van der Waals surface area contributed by atoms with Gasteiger partial charge in [-0.25, -0.2) is 0 Å². The van der Waals surface area contributed by atoms with E-state index >= 15 is 0 Å². The van der Waals surface area contributed by atoms with Crippen LogP contribution in [0.15, 0.2) is 0 Å². The summed E-state index contributed by atoms with van der Waals surface area (Å²) in [6.07, 6.45) is 1.76. The lowest BCUT2D eigenvalue weighted by atomic mass is 9.77. The van der Waals surface area contributed by atoms with Crippen molar-refractivity contribution in [1.29, 1.82) is 0 Å². The summed E-state index contributed by atoms with van der Waals surface area (Å²) in [6, 6.07) is -0.240. The van der Waals surface area contributed by atoms with Crippen molar-refractivity contribution in [3.63, 3.8) is 0 Å². The zero-order chi connectivity index (χ0) is 15.3. The molecule has 0 aromatic rings. The zero-order valence-corrected chi connectivity index (χ0v) is 13.5. The fourth-order valence-corrected chi connectivity index (χ4v) is 2.95. The number of carbonyl (C=O) groups is 2. The molecular weight excluding hydrogens is 296 g/mol. The third kappa shape index (κ3) is 5.45. The molecule has 0 aliphatic heterocycles. The van der Waals surface area contributed by atoms with Gasteiger partial charge in [0.1, 0.15) is 0 Å². The van der Waals surface area contributed by atoms with E-state index in [1.165, 1.54) is 6.92 Å². The molecule has 4 unspecified atom stereocenters. The molecule has 0 aromatic carbocycles. The Morgan fingerprint density at radius 3 is 2.48 bits per heavy atom. The maximum atomic E-state index is 11.5. The number of aliphatic carboxylic acids is 1. The van der Waals surface area contributed by atoms with Crippen LogP contribution in [0.25, 0.3) is 0 Å². The van der Waals surface area contributed by atoms with Gasteiger partial charge in [0.25, 0.3) is 0 Å². The van der Waals surface area contributed by atoms with Gasteiger partial charge in [-0.05, 0) is 38.0 Å². The fourth-order valence-electron chi connectivity index (χ4n) is 2.95. The average molecular weight is 323 g/mol. The minimum absolute atomic E-state index is 0. The zero-order valence-electron chi connectivity index (χ0n) is 12.7. The SMILES string of the molecule is CC(=O)NCCC(C)CCC1(C(=O)O)CC(N)CC1O.Cl. The van der Waals surface area contributed by atoms with Gasteiger partial charge in [-0.15, -0.1) is 12.4 Å². The van der Waals surface area contributed by atoms with Crippen molar-refractivity contribution in [2.45, 2.75) is 58.1 Å². The molecule has 1 saturated carbocycles. The van der Waals surface area contributed by atoms with Gasteiger partial charge in [0.2, 0.25) is 5.91 Å². The molecule has 1 amide bonds. The first-order valence-electron chi connectivity index (χ1n) is 7.19. The first-order valence-corrected chi connectivity index (χ1v) is 7.19. The number of nitrogens with two attached hydrogens (primary N) is 1. The van der Waals surface area contributed by atoms with Crippen LogP contribution in [0.3, 0.4) is 0 Å².